The number of hydrogen-bond acceptors (Lipinski definition) is 4. The number of nitrogens with one attached hydrogen (secondary N) is 1. The number of hydrogen-bond donors (Lipinski definition) is 1. The highest BCUT2D eigenvalue weighted by atomic mass is 32.2. The van der Waals surface area contributed by atoms with Crippen LogP contribution in [0.1, 0.15) is 31.9 Å². The van der Waals surface area contributed by atoms with Crippen LogP contribution in [0.3, 0.4) is 0 Å². The van der Waals surface area contributed by atoms with Crippen molar-refractivity contribution in [2.75, 3.05) is 0 Å². The Balaban J connectivity index is 2.50. The Morgan fingerprint density at radius 2 is 2.05 bits per heavy atom. The maximum Gasteiger partial charge on any atom is 0.241 e. The molecule has 6 heteroatoms. The van der Waals surface area contributed by atoms with Crippen LogP contribution in [0.15, 0.2) is 29.2 Å². The first-order valence-electron chi connectivity index (χ1n) is 6.20. The average Bonchev–Trinajstić information content (AvgIpc) is 2.62. The molecule has 1 aliphatic heterocycles. The van der Waals surface area contributed by atoms with E-state index < -0.39 is 28.0 Å². The molecule has 104 valence electrons. The molecule has 3 unspecified atom stereocenters. The lowest BCUT2D eigenvalue weighted by Crippen LogP contribution is -2.42. The standard InChI is InChI=1S/C13H17NO4S/c1-3-8(2)11(13(15)16)12-9-6-4-5-7-10(9)19(17,18)14-12/h4-8,11-12,14H,3H2,1-2H3,(H,15,16)/p-1. The molecule has 3 atom stereocenters. The topological polar surface area (TPSA) is 86.3 Å². The van der Waals surface area contributed by atoms with Crippen LogP contribution in [0.25, 0.3) is 0 Å². The Morgan fingerprint density at radius 3 is 2.63 bits per heavy atom. The molecule has 0 saturated heterocycles. The summed E-state index contributed by atoms with van der Waals surface area (Å²) in [5.41, 5.74) is 0.511. The van der Waals surface area contributed by atoms with Gasteiger partial charge in [0.25, 0.3) is 0 Å². The molecular formula is C13H16NO4S-. The summed E-state index contributed by atoms with van der Waals surface area (Å²) in [7, 11) is -3.62. The number of rotatable bonds is 4. The van der Waals surface area contributed by atoms with E-state index in [0.717, 1.165) is 0 Å². The first-order valence-corrected chi connectivity index (χ1v) is 7.69. The summed E-state index contributed by atoms with van der Waals surface area (Å²) in [6.45, 7) is 3.66. The van der Waals surface area contributed by atoms with Crippen LogP contribution in [0, 0.1) is 11.8 Å². The molecule has 0 saturated carbocycles. The van der Waals surface area contributed by atoms with Crippen molar-refractivity contribution in [3.05, 3.63) is 29.8 Å². The Hall–Kier alpha value is -1.40. The second-order valence-electron chi connectivity index (χ2n) is 4.87. The first-order chi connectivity index (χ1) is 8.88. The summed E-state index contributed by atoms with van der Waals surface area (Å²) in [4.78, 5) is 11.5. The lowest BCUT2D eigenvalue weighted by atomic mass is 9.83. The highest BCUT2D eigenvalue weighted by Gasteiger charge is 2.40. The van der Waals surface area contributed by atoms with Gasteiger partial charge in [-0.05, 0) is 17.5 Å². The van der Waals surface area contributed by atoms with E-state index in [2.05, 4.69) is 4.72 Å². The number of carboxylic acids is 1. The van der Waals surface area contributed by atoms with Gasteiger partial charge >= 0.3 is 0 Å². The van der Waals surface area contributed by atoms with Crippen LogP contribution < -0.4 is 9.83 Å². The van der Waals surface area contributed by atoms with Crippen LogP contribution in [0.5, 0.6) is 0 Å². The second kappa shape index (κ2) is 4.94. The van der Waals surface area contributed by atoms with E-state index in [0.29, 0.717) is 12.0 Å². The van der Waals surface area contributed by atoms with Crippen LogP contribution in [-0.2, 0) is 14.8 Å². The molecule has 19 heavy (non-hydrogen) atoms. The van der Waals surface area contributed by atoms with Gasteiger partial charge < -0.3 is 9.90 Å². The molecule has 0 amide bonds. The van der Waals surface area contributed by atoms with Gasteiger partial charge in [0.05, 0.1) is 10.9 Å². The Bertz CT molecular complexity index is 596. The van der Waals surface area contributed by atoms with E-state index in [1.165, 1.54) is 6.07 Å². The fraction of sp³-hybridized carbons (Fsp3) is 0.462. The smallest absolute Gasteiger partial charge is 0.241 e. The first kappa shape index (κ1) is 14.0. The molecule has 1 aromatic carbocycles. The molecular weight excluding hydrogens is 266 g/mol. The van der Waals surface area contributed by atoms with Gasteiger partial charge in [-0.3, -0.25) is 0 Å². The Morgan fingerprint density at radius 1 is 1.42 bits per heavy atom. The van der Waals surface area contributed by atoms with E-state index >= 15 is 0 Å². The minimum absolute atomic E-state index is 0.162. The van der Waals surface area contributed by atoms with Gasteiger partial charge in [-0.2, -0.15) is 0 Å². The quantitative estimate of drug-likeness (QED) is 0.867. The van der Waals surface area contributed by atoms with Crippen molar-refractivity contribution in [1.29, 1.82) is 0 Å². The van der Waals surface area contributed by atoms with E-state index in [1.807, 2.05) is 6.92 Å². The van der Waals surface area contributed by atoms with Gasteiger partial charge in [0.15, 0.2) is 0 Å². The van der Waals surface area contributed by atoms with Crippen LogP contribution in [0.2, 0.25) is 0 Å². The number of aliphatic carboxylic acids is 1. The number of fused-ring (bicyclic) bond motifs is 1. The fourth-order valence-electron chi connectivity index (χ4n) is 2.49. The lowest BCUT2D eigenvalue weighted by molar-refractivity contribution is -0.314. The molecule has 1 aliphatic rings. The molecule has 0 radical (unpaired) electrons. The lowest BCUT2D eigenvalue weighted by Gasteiger charge is -2.29. The highest BCUT2D eigenvalue weighted by Crippen LogP contribution is 2.38. The molecule has 0 aromatic heterocycles. The summed E-state index contributed by atoms with van der Waals surface area (Å²) in [6, 6.07) is 5.71. The molecule has 5 nitrogen and oxygen atoms in total. The summed E-state index contributed by atoms with van der Waals surface area (Å²) in [5, 5.41) is 11.4. The largest absolute Gasteiger partial charge is 0.550 e. The van der Waals surface area contributed by atoms with Crippen molar-refractivity contribution in [1.82, 2.24) is 4.72 Å². The maximum absolute atomic E-state index is 12.0. The van der Waals surface area contributed by atoms with Gasteiger partial charge in [-0.25, -0.2) is 13.1 Å². The zero-order valence-electron chi connectivity index (χ0n) is 10.8. The zero-order chi connectivity index (χ0) is 14.2. The fourth-order valence-corrected chi connectivity index (χ4v) is 3.99. The van der Waals surface area contributed by atoms with Gasteiger partial charge in [0, 0.05) is 11.9 Å². The zero-order valence-corrected chi connectivity index (χ0v) is 11.6. The van der Waals surface area contributed by atoms with Crippen LogP contribution >= 0.6 is 0 Å². The van der Waals surface area contributed by atoms with Crippen molar-refractivity contribution in [2.24, 2.45) is 11.8 Å². The van der Waals surface area contributed by atoms with Crippen molar-refractivity contribution >= 4 is 16.0 Å². The summed E-state index contributed by atoms with van der Waals surface area (Å²) < 4.78 is 26.4. The van der Waals surface area contributed by atoms with E-state index in [1.54, 1.807) is 25.1 Å². The van der Waals surface area contributed by atoms with Crippen LogP contribution in [-0.4, -0.2) is 14.4 Å². The summed E-state index contributed by atoms with van der Waals surface area (Å²) >= 11 is 0. The number of carboxylic acid groups (broad SMARTS) is 1. The third-order valence-electron chi connectivity index (χ3n) is 3.71. The second-order valence-corrected chi connectivity index (χ2v) is 6.55. The number of carbonyl (C=O) groups is 1. The molecule has 0 fully saturated rings. The minimum atomic E-state index is -3.62. The van der Waals surface area contributed by atoms with Gasteiger partial charge in [0.1, 0.15) is 0 Å². The van der Waals surface area contributed by atoms with Crippen molar-refractivity contribution in [3.8, 4) is 0 Å². The SMILES string of the molecule is CCC(C)C(C(=O)[O-])C1NS(=O)(=O)c2ccccc21. The van der Waals surface area contributed by atoms with Gasteiger partial charge in [-0.15, -0.1) is 0 Å². The van der Waals surface area contributed by atoms with E-state index in [4.69, 9.17) is 0 Å². The monoisotopic (exact) mass is 282 g/mol. The average molecular weight is 282 g/mol. The molecule has 1 aromatic rings. The highest BCUT2D eigenvalue weighted by molar-refractivity contribution is 7.89. The molecule has 1 N–H and O–H groups in total. The van der Waals surface area contributed by atoms with Gasteiger partial charge in [0.2, 0.25) is 10.0 Å². The molecule has 0 aliphatic carbocycles. The predicted molar refractivity (Wildman–Crippen MR) is 67.5 cm³/mol. The number of benzene rings is 1. The number of carbonyl (C=O) groups excluding carboxylic acids is 1. The Labute approximate surface area is 112 Å². The molecule has 2 rings (SSSR count). The number of sulfonamides is 1. The van der Waals surface area contributed by atoms with Crippen molar-refractivity contribution in [2.45, 2.75) is 31.2 Å². The summed E-state index contributed by atoms with van der Waals surface area (Å²) in [5.74, 6) is -2.27. The summed E-state index contributed by atoms with van der Waals surface area (Å²) in [6.07, 6.45) is 0.638. The van der Waals surface area contributed by atoms with E-state index in [9.17, 15) is 18.3 Å². The maximum atomic E-state index is 12.0. The molecule has 0 bridgehead atoms. The van der Waals surface area contributed by atoms with Crippen molar-refractivity contribution < 1.29 is 18.3 Å². The normalized spacial score (nSPS) is 23.6. The molecule has 0 spiro atoms. The van der Waals surface area contributed by atoms with Crippen molar-refractivity contribution in [3.63, 3.8) is 0 Å². The van der Waals surface area contributed by atoms with E-state index in [-0.39, 0.29) is 10.8 Å². The Kier molecular flexibility index (Phi) is 3.64. The third-order valence-corrected chi connectivity index (χ3v) is 5.23. The molecule has 1 heterocycles. The minimum Gasteiger partial charge on any atom is -0.550 e. The van der Waals surface area contributed by atoms with Crippen LogP contribution in [0.4, 0.5) is 0 Å². The van der Waals surface area contributed by atoms with Gasteiger partial charge in [-0.1, -0.05) is 38.5 Å². The predicted octanol–water partition coefficient (Wildman–Crippen LogP) is 0.432. The third kappa shape index (κ3) is 2.37.